The number of rotatable bonds is 5. The quantitative estimate of drug-likeness (QED) is 0.525. The van der Waals surface area contributed by atoms with Crippen LogP contribution in [0.25, 0.3) is 0 Å². The van der Waals surface area contributed by atoms with Crippen LogP contribution in [0.5, 0.6) is 11.5 Å². The molecule has 0 radical (unpaired) electrons. The molecule has 2 heterocycles. The molecule has 0 bridgehead atoms. The lowest BCUT2D eigenvalue weighted by atomic mass is 9.94. The molecule has 4 rings (SSSR count). The lowest BCUT2D eigenvalue weighted by Crippen LogP contribution is -2.31. The number of aromatic nitrogens is 3. The number of alkyl halides is 3. The minimum Gasteiger partial charge on any atom is -0.497 e. The van der Waals surface area contributed by atoms with Crippen molar-refractivity contribution in [3.8, 4) is 11.5 Å². The summed E-state index contributed by atoms with van der Waals surface area (Å²) in [5.41, 5.74) is 1.29. The summed E-state index contributed by atoms with van der Waals surface area (Å²) < 4.78 is 51.9. The molecular formula is C22H19ClF3N5O3. The third kappa shape index (κ3) is 4.38. The molecule has 3 aromatic rings. The normalized spacial score (nSPS) is 15.4. The number of hydrogen-bond acceptors (Lipinski definition) is 6. The van der Waals surface area contributed by atoms with Crippen molar-refractivity contribution in [2.45, 2.75) is 19.1 Å². The molecule has 0 spiro atoms. The van der Waals surface area contributed by atoms with Crippen LogP contribution in [0.3, 0.4) is 0 Å². The van der Waals surface area contributed by atoms with Crippen LogP contribution in [-0.2, 0) is 11.0 Å². The summed E-state index contributed by atoms with van der Waals surface area (Å²) in [5, 5.41) is 9.68. The van der Waals surface area contributed by atoms with Crippen LogP contribution in [0.4, 0.5) is 24.8 Å². The van der Waals surface area contributed by atoms with Crippen molar-refractivity contribution in [2.75, 3.05) is 24.9 Å². The Morgan fingerprint density at radius 3 is 2.47 bits per heavy atom. The van der Waals surface area contributed by atoms with Gasteiger partial charge in [0.2, 0.25) is 5.95 Å². The number of nitrogens with one attached hydrogen (secondary N) is 2. The van der Waals surface area contributed by atoms with E-state index in [1.807, 2.05) is 0 Å². The van der Waals surface area contributed by atoms with Crippen LogP contribution < -0.4 is 20.1 Å². The zero-order chi connectivity index (χ0) is 24.6. The maximum atomic E-state index is 13.4. The number of anilines is 2. The number of halogens is 4. The summed E-state index contributed by atoms with van der Waals surface area (Å²) in [6.45, 7) is 1.57. The molecule has 1 aliphatic heterocycles. The number of carbonyl (C=O) groups excluding carboxylic acids is 1. The first-order valence-corrected chi connectivity index (χ1v) is 10.3. The number of amides is 1. The van der Waals surface area contributed by atoms with Crippen LogP contribution in [0.1, 0.15) is 24.4 Å². The first-order valence-electron chi connectivity index (χ1n) is 9.92. The first kappa shape index (κ1) is 23.4. The van der Waals surface area contributed by atoms with E-state index in [2.05, 4.69) is 20.7 Å². The monoisotopic (exact) mass is 493 g/mol. The predicted octanol–water partition coefficient (Wildman–Crippen LogP) is 4.90. The van der Waals surface area contributed by atoms with E-state index in [4.69, 9.17) is 21.1 Å². The van der Waals surface area contributed by atoms with Gasteiger partial charge in [0.25, 0.3) is 11.7 Å². The molecule has 2 aromatic carbocycles. The number of methoxy groups -OCH3 is 2. The molecule has 2 N–H and O–H groups in total. The van der Waals surface area contributed by atoms with E-state index in [0.717, 1.165) is 4.68 Å². The van der Waals surface area contributed by atoms with E-state index in [1.165, 1.54) is 14.2 Å². The highest BCUT2D eigenvalue weighted by molar-refractivity contribution is 6.30. The van der Waals surface area contributed by atoms with Crippen LogP contribution in [0.15, 0.2) is 53.7 Å². The lowest BCUT2D eigenvalue weighted by molar-refractivity contribution is -0.145. The van der Waals surface area contributed by atoms with Gasteiger partial charge in [0.05, 0.1) is 19.8 Å². The van der Waals surface area contributed by atoms with E-state index in [1.54, 1.807) is 49.4 Å². The zero-order valence-electron chi connectivity index (χ0n) is 18.2. The molecule has 0 unspecified atom stereocenters. The van der Waals surface area contributed by atoms with Crippen molar-refractivity contribution < 1.29 is 27.4 Å². The summed E-state index contributed by atoms with van der Waals surface area (Å²) in [6.07, 6.45) is -4.78. The van der Waals surface area contributed by atoms with Gasteiger partial charge in [-0.15, -0.1) is 5.10 Å². The lowest BCUT2D eigenvalue weighted by Gasteiger charge is -2.29. The van der Waals surface area contributed by atoms with Crippen molar-refractivity contribution in [2.24, 2.45) is 0 Å². The summed E-state index contributed by atoms with van der Waals surface area (Å²) in [5.74, 6) is -1.27. The molecule has 0 fully saturated rings. The second-order valence-corrected chi connectivity index (χ2v) is 7.77. The zero-order valence-corrected chi connectivity index (χ0v) is 19.0. The highest BCUT2D eigenvalue weighted by Crippen LogP contribution is 2.42. The average molecular weight is 494 g/mol. The van der Waals surface area contributed by atoms with Gasteiger partial charge >= 0.3 is 6.18 Å². The van der Waals surface area contributed by atoms with E-state index in [9.17, 15) is 18.0 Å². The molecule has 1 aromatic heterocycles. The molecule has 178 valence electrons. The van der Waals surface area contributed by atoms with Crippen molar-refractivity contribution in [3.63, 3.8) is 0 Å². The molecule has 1 amide bonds. The van der Waals surface area contributed by atoms with Gasteiger partial charge in [0.1, 0.15) is 17.5 Å². The van der Waals surface area contributed by atoms with E-state index in [0.29, 0.717) is 33.5 Å². The highest BCUT2D eigenvalue weighted by atomic mass is 35.5. The van der Waals surface area contributed by atoms with Gasteiger partial charge in [0.15, 0.2) is 0 Å². The average Bonchev–Trinajstić information content (AvgIpc) is 3.23. The van der Waals surface area contributed by atoms with E-state index in [-0.39, 0.29) is 11.5 Å². The van der Waals surface area contributed by atoms with Crippen LogP contribution in [-0.4, -0.2) is 34.9 Å². The Balaban J connectivity index is 1.86. The number of carbonyl (C=O) groups is 1. The maximum absolute atomic E-state index is 13.4. The fraction of sp³-hybridized carbons (Fsp3) is 0.227. The topological polar surface area (TPSA) is 90.3 Å². The number of fused-ring (bicyclic) bond motifs is 1. The molecule has 0 saturated carbocycles. The van der Waals surface area contributed by atoms with Crippen molar-refractivity contribution in [1.82, 2.24) is 14.8 Å². The predicted molar refractivity (Wildman–Crippen MR) is 119 cm³/mol. The third-order valence-electron chi connectivity index (χ3n) is 5.19. The molecule has 0 saturated heterocycles. The Morgan fingerprint density at radius 1 is 1.15 bits per heavy atom. The molecule has 1 aliphatic rings. The molecule has 12 heteroatoms. The molecular weight excluding hydrogens is 475 g/mol. The number of hydrogen-bond donors (Lipinski definition) is 2. The van der Waals surface area contributed by atoms with Crippen LogP contribution >= 0.6 is 11.6 Å². The summed E-state index contributed by atoms with van der Waals surface area (Å²) in [4.78, 5) is 17.0. The first-order chi connectivity index (χ1) is 16.1. The SMILES string of the molecule is COc1ccc([C@H]2C(C(=O)Nc3ccc(Cl)cc3)=C(C)Nc3nc(C(F)(F)F)nn32)c(OC)c1. The standard InChI is InChI=1S/C22H19ClF3N5O3/c1-11-17(19(32)28-13-6-4-12(23)5-7-13)18(15-9-8-14(33-2)10-16(15)34-3)31-21(27-11)29-20(30-31)22(24,25)26/h4-10,18H,1-3H3,(H,28,32)(H,27,29,30)/t18-/m0/s1. The minimum atomic E-state index is -4.78. The fourth-order valence-electron chi connectivity index (χ4n) is 3.63. The number of nitrogens with zero attached hydrogens (tertiary/aromatic N) is 3. The van der Waals surface area contributed by atoms with Gasteiger partial charge in [-0.25, -0.2) is 4.68 Å². The van der Waals surface area contributed by atoms with Gasteiger partial charge in [-0.3, -0.25) is 4.79 Å². The minimum absolute atomic E-state index is 0.129. The summed E-state index contributed by atoms with van der Waals surface area (Å²) >= 11 is 5.91. The van der Waals surface area contributed by atoms with Gasteiger partial charge in [-0.05, 0) is 43.3 Å². The van der Waals surface area contributed by atoms with Crippen molar-refractivity contribution in [1.29, 1.82) is 0 Å². The van der Waals surface area contributed by atoms with Gasteiger partial charge < -0.3 is 20.1 Å². The summed E-state index contributed by atoms with van der Waals surface area (Å²) in [7, 11) is 2.88. The smallest absolute Gasteiger partial charge is 0.453 e. The third-order valence-corrected chi connectivity index (χ3v) is 5.44. The Kier molecular flexibility index (Phi) is 6.13. The second-order valence-electron chi connectivity index (χ2n) is 7.34. The molecule has 1 atom stereocenters. The molecule has 34 heavy (non-hydrogen) atoms. The van der Waals surface area contributed by atoms with Crippen LogP contribution in [0, 0.1) is 0 Å². The number of benzene rings is 2. The molecule has 8 nitrogen and oxygen atoms in total. The van der Waals surface area contributed by atoms with E-state index >= 15 is 0 Å². The number of ether oxygens (including phenoxy) is 2. The van der Waals surface area contributed by atoms with Gasteiger partial charge in [-0.2, -0.15) is 18.2 Å². The number of allylic oxidation sites excluding steroid dienone is 1. The Labute approximate surface area is 197 Å². The highest BCUT2D eigenvalue weighted by Gasteiger charge is 2.42. The molecule has 0 aliphatic carbocycles. The Bertz CT molecular complexity index is 1270. The van der Waals surface area contributed by atoms with Crippen molar-refractivity contribution in [3.05, 3.63) is 70.1 Å². The van der Waals surface area contributed by atoms with Crippen molar-refractivity contribution >= 4 is 29.1 Å². The Hall–Kier alpha value is -3.73. The van der Waals surface area contributed by atoms with Gasteiger partial charge in [-0.1, -0.05) is 11.6 Å². The second kappa shape index (κ2) is 8.90. The van der Waals surface area contributed by atoms with Gasteiger partial charge in [0, 0.05) is 28.0 Å². The Morgan fingerprint density at radius 2 is 1.85 bits per heavy atom. The maximum Gasteiger partial charge on any atom is 0.453 e. The van der Waals surface area contributed by atoms with E-state index < -0.39 is 23.9 Å². The largest absolute Gasteiger partial charge is 0.497 e. The fourth-order valence-corrected chi connectivity index (χ4v) is 3.75. The van der Waals surface area contributed by atoms with Crippen LogP contribution in [0.2, 0.25) is 5.02 Å². The summed E-state index contributed by atoms with van der Waals surface area (Å²) in [6, 6.07) is 10.1.